The number of nitrogen functional groups attached to an aromatic ring is 1. The molecule has 3 N–H and O–H groups in total. The highest BCUT2D eigenvalue weighted by molar-refractivity contribution is 6.00. The van der Waals surface area contributed by atoms with Gasteiger partial charge in [-0.15, -0.1) is 0 Å². The number of piperidine rings is 1. The van der Waals surface area contributed by atoms with Crippen LogP contribution in [0.5, 0.6) is 0 Å². The van der Waals surface area contributed by atoms with Gasteiger partial charge in [-0.2, -0.15) is 0 Å². The van der Waals surface area contributed by atoms with Crippen LogP contribution in [0.25, 0.3) is 10.9 Å². The number of aromatic amines is 1. The van der Waals surface area contributed by atoms with Gasteiger partial charge in [0.15, 0.2) is 0 Å². The first-order valence-corrected chi connectivity index (χ1v) is 7.24. The lowest BCUT2D eigenvalue weighted by Crippen LogP contribution is -2.49. The maximum atomic E-state index is 12.7. The Morgan fingerprint density at radius 1 is 1.48 bits per heavy atom. The predicted octanol–water partition coefficient (Wildman–Crippen LogP) is 2.39. The number of H-pyrrole nitrogens is 1. The summed E-state index contributed by atoms with van der Waals surface area (Å²) in [7, 11) is 1.71. The first-order chi connectivity index (χ1) is 10.0. The average molecular weight is 287 g/mol. The molecule has 5 heteroatoms. The van der Waals surface area contributed by atoms with Crippen molar-refractivity contribution in [1.82, 2.24) is 9.88 Å². The van der Waals surface area contributed by atoms with E-state index in [0.29, 0.717) is 17.9 Å². The number of nitrogens with one attached hydrogen (secondary N) is 1. The number of amides is 1. The number of aromatic nitrogens is 1. The summed E-state index contributed by atoms with van der Waals surface area (Å²) in [5.74, 6) is 0.00794. The molecule has 1 fully saturated rings. The Morgan fingerprint density at radius 2 is 2.29 bits per heavy atom. The molecule has 1 aliphatic heterocycles. The summed E-state index contributed by atoms with van der Waals surface area (Å²) in [6.45, 7) is 3.44. The lowest BCUT2D eigenvalue weighted by molar-refractivity contribution is -0.0441. The van der Waals surface area contributed by atoms with Gasteiger partial charge in [-0.1, -0.05) is 12.1 Å². The van der Waals surface area contributed by atoms with E-state index in [4.69, 9.17) is 10.5 Å². The van der Waals surface area contributed by atoms with Crippen molar-refractivity contribution in [2.24, 2.45) is 0 Å². The van der Waals surface area contributed by atoms with Gasteiger partial charge in [-0.3, -0.25) is 4.79 Å². The Bertz CT molecular complexity index is 679. The molecule has 1 aromatic heterocycles. The number of likely N-dealkylation sites (tertiary alicyclic amines) is 1. The van der Waals surface area contributed by atoms with Crippen LogP contribution in [0.1, 0.15) is 30.3 Å². The number of methoxy groups -OCH3 is 1. The molecule has 1 aromatic carbocycles. The lowest BCUT2D eigenvalue weighted by Gasteiger charge is -2.39. The van der Waals surface area contributed by atoms with Crippen molar-refractivity contribution in [2.75, 3.05) is 25.9 Å². The zero-order valence-corrected chi connectivity index (χ0v) is 12.5. The molecular formula is C16H21N3O2. The monoisotopic (exact) mass is 287 g/mol. The van der Waals surface area contributed by atoms with Crippen LogP contribution < -0.4 is 5.73 Å². The van der Waals surface area contributed by atoms with Crippen LogP contribution in [-0.4, -0.2) is 41.6 Å². The van der Waals surface area contributed by atoms with E-state index in [0.717, 1.165) is 30.3 Å². The van der Waals surface area contributed by atoms with Gasteiger partial charge in [0.1, 0.15) is 5.69 Å². The number of hydrogen-bond donors (Lipinski definition) is 2. The number of carbonyl (C=O) groups is 1. The molecule has 1 aliphatic rings. The van der Waals surface area contributed by atoms with Gasteiger partial charge in [-0.25, -0.2) is 0 Å². The van der Waals surface area contributed by atoms with Crippen LogP contribution in [-0.2, 0) is 4.74 Å². The second-order valence-electron chi connectivity index (χ2n) is 5.98. The smallest absolute Gasteiger partial charge is 0.270 e. The number of para-hydroxylation sites is 1. The third-order valence-corrected chi connectivity index (χ3v) is 4.36. The molecule has 0 radical (unpaired) electrons. The van der Waals surface area contributed by atoms with Crippen LogP contribution in [0, 0.1) is 0 Å². The van der Waals surface area contributed by atoms with E-state index in [1.54, 1.807) is 7.11 Å². The highest BCUT2D eigenvalue weighted by atomic mass is 16.5. The Hall–Kier alpha value is -2.01. The quantitative estimate of drug-likeness (QED) is 0.833. The zero-order valence-electron chi connectivity index (χ0n) is 12.5. The minimum absolute atomic E-state index is 0.00794. The molecule has 1 atom stereocenters. The summed E-state index contributed by atoms with van der Waals surface area (Å²) in [6.07, 6.45) is 1.94. The Morgan fingerprint density at radius 3 is 3.00 bits per heavy atom. The van der Waals surface area contributed by atoms with E-state index in [9.17, 15) is 4.79 Å². The van der Waals surface area contributed by atoms with Gasteiger partial charge in [0.25, 0.3) is 5.91 Å². The van der Waals surface area contributed by atoms with Crippen molar-refractivity contribution in [3.05, 3.63) is 30.0 Å². The molecule has 2 heterocycles. The third kappa shape index (κ3) is 2.49. The van der Waals surface area contributed by atoms with Gasteiger partial charge in [0, 0.05) is 25.6 Å². The van der Waals surface area contributed by atoms with E-state index in [1.165, 1.54) is 0 Å². The number of anilines is 1. The number of fused-ring (bicyclic) bond motifs is 1. The number of hydrogen-bond acceptors (Lipinski definition) is 3. The molecule has 2 aromatic rings. The summed E-state index contributed by atoms with van der Waals surface area (Å²) in [4.78, 5) is 17.7. The van der Waals surface area contributed by atoms with Gasteiger partial charge < -0.3 is 20.4 Å². The molecule has 112 valence electrons. The first-order valence-electron chi connectivity index (χ1n) is 7.24. The number of carbonyl (C=O) groups excluding carboxylic acids is 1. The Kier molecular flexibility index (Phi) is 3.37. The molecule has 0 saturated carbocycles. The highest BCUT2D eigenvalue weighted by Gasteiger charge is 2.33. The number of benzene rings is 1. The van der Waals surface area contributed by atoms with E-state index in [1.807, 2.05) is 29.2 Å². The lowest BCUT2D eigenvalue weighted by atomic mass is 9.94. The normalized spacial score (nSPS) is 22.7. The van der Waals surface area contributed by atoms with Crippen molar-refractivity contribution in [1.29, 1.82) is 0 Å². The maximum absolute atomic E-state index is 12.7. The molecule has 0 aliphatic carbocycles. The van der Waals surface area contributed by atoms with Crippen molar-refractivity contribution in [3.63, 3.8) is 0 Å². The predicted molar refractivity (Wildman–Crippen MR) is 83.3 cm³/mol. The fourth-order valence-corrected chi connectivity index (χ4v) is 3.01. The zero-order chi connectivity index (χ0) is 15.0. The van der Waals surface area contributed by atoms with E-state index < -0.39 is 0 Å². The second-order valence-corrected chi connectivity index (χ2v) is 5.98. The molecule has 1 amide bonds. The van der Waals surface area contributed by atoms with Crippen molar-refractivity contribution in [2.45, 2.75) is 25.4 Å². The molecule has 1 saturated heterocycles. The number of nitrogens with two attached hydrogens (primary N) is 1. The van der Waals surface area contributed by atoms with E-state index >= 15 is 0 Å². The number of ether oxygens (including phenoxy) is 1. The molecular weight excluding hydrogens is 266 g/mol. The Balaban J connectivity index is 1.88. The Labute approximate surface area is 124 Å². The van der Waals surface area contributed by atoms with Gasteiger partial charge in [0.2, 0.25) is 0 Å². The molecule has 21 heavy (non-hydrogen) atoms. The minimum atomic E-state index is -0.251. The SMILES string of the molecule is COC1(C)CCCN(C(=O)c2cc3cccc(N)c3[nH]2)C1. The third-order valence-electron chi connectivity index (χ3n) is 4.36. The van der Waals surface area contributed by atoms with Gasteiger partial charge in [0.05, 0.1) is 16.8 Å². The highest BCUT2D eigenvalue weighted by Crippen LogP contribution is 2.26. The molecule has 1 unspecified atom stereocenters. The standard InChI is InChI=1S/C16H21N3O2/c1-16(21-2)7-4-8-19(10-16)15(20)13-9-11-5-3-6-12(17)14(11)18-13/h3,5-6,9,18H,4,7-8,10,17H2,1-2H3. The summed E-state index contributed by atoms with van der Waals surface area (Å²) in [5.41, 5.74) is 7.76. The molecule has 0 spiro atoms. The largest absolute Gasteiger partial charge is 0.397 e. The first kappa shape index (κ1) is 13.9. The summed E-state index contributed by atoms with van der Waals surface area (Å²) >= 11 is 0. The molecule has 3 rings (SSSR count). The van der Waals surface area contributed by atoms with Crippen LogP contribution in [0.15, 0.2) is 24.3 Å². The fraction of sp³-hybridized carbons (Fsp3) is 0.438. The summed E-state index contributed by atoms with van der Waals surface area (Å²) in [6, 6.07) is 7.54. The van der Waals surface area contributed by atoms with Gasteiger partial charge in [-0.05, 0) is 31.9 Å². The van der Waals surface area contributed by atoms with Crippen LogP contribution in [0.3, 0.4) is 0 Å². The summed E-state index contributed by atoms with van der Waals surface area (Å²) < 4.78 is 5.55. The number of rotatable bonds is 2. The van der Waals surface area contributed by atoms with Crippen LogP contribution in [0.4, 0.5) is 5.69 Å². The fourth-order valence-electron chi connectivity index (χ4n) is 3.01. The minimum Gasteiger partial charge on any atom is -0.397 e. The topological polar surface area (TPSA) is 71.3 Å². The average Bonchev–Trinajstić information content (AvgIpc) is 2.92. The van der Waals surface area contributed by atoms with Crippen LogP contribution >= 0.6 is 0 Å². The van der Waals surface area contributed by atoms with Gasteiger partial charge >= 0.3 is 0 Å². The van der Waals surface area contributed by atoms with Crippen molar-refractivity contribution in [3.8, 4) is 0 Å². The van der Waals surface area contributed by atoms with Crippen molar-refractivity contribution < 1.29 is 9.53 Å². The van der Waals surface area contributed by atoms with Crippen molar-refractivity contribution >= 4 is 22.5 Å². The van der Waals surface area contributed by atoms with E-state index in [2.05, 4.69) is 11.9 Å². The summed E-state index contributed by atoms with van der Waals surface area (Å²) in [5, 5.41) is 0.963. The number of nitrogens with zero attached hydrogens (tertiary/aromatic N) is 1. The molecule has 5 nitrogen and oxygen atoms in total. The molecule has 0 bridgehead atoms. The van der Waals surface area contributed by atoms with Crippen LogP contribution in [0.2, 0.25) is 0 Å². The second kappa shape index (κ2) is 5.07. The maximum Gasteiger partial charge on any atom is 0.270 e. The van der Waals surface area contributed by atoms with E-state index in [-0.39, 0.29) is 11.5 Å².